The highest BCUT2D eigenvalue weighted by Crippen LogP contribution is 2.32. The van der Waals surface area contributed by atoms with Gasteiger partial charge in [0.05, 0.1) is 39.3 Å². The molecule has 0 radical (unpaired) electrons. The molecule has 0 bridgehead atoms. The van der Waals surface area contributed by atoms with Gasteiger partial charge in [-0.05, 0) is 85.8 Å². The van der Waals surface area contributed by atoms with Gasteiger partial charge in [-0.1, -0.05) is 24.3 Å². The summed E-state index contributed by atoms with van der Waals surface area (Å²) in [5, 5.41) is 17.7. The molecule has 0 aliphatic carbocycles. The Kier molecular flexibility index (Phi) is 11.9. The van der Waals surface area contributed by atoms with Gasteiger partial charge in [0.25, 0.3) is 0 Å². The number of ether oxygens (including phenoxy) is 4. The molecule has 8 nitrogen and oxygen atoms in total. The van der Waals surface area contributed by atoms with Gasteiger partial charge in [-0.15, -0.1) is 0 Å². The summed E-state index contributed by atoms with van der Waals surface area (Å²) in [7, 11) is 2.79. The summed E-state index contributed by atoms with van der Waals surface area (Å²) < 4.78 is 21.2. The lowest BCUT2D eigenvalue weighted by atomic mass is 9.94. The molecule has 4 rings (SSSR count). The van der Waals surface area contributed by atoms with Gasteiger partial charge in [-0.3, -0.25) is 9.59 Å². The summed E-state index contributed by atoms with van der Waals surface area (Å²) in [6.07, 6.45) is 8.02. The second-order valence-corrected chi connectivity index (χ2v) is 9.63. The largest absolute Gasteiger partial charge is 0.490 e. The van der Waals surface area contributed by atoms with Gasteiger partial charge in [0.15, 0.2) is 0 Å². The molecule has 0 spiro atoms. The van der Waals surface area contributed by atoms with E-state index in [0.717, 1.165) is 79.6 Å². The summed E-state index contributed by atoms with van der Waals surface area (Å²) >= 11 is 0. The average molecular weight is 529 g/mol. The fourth-order valence-corrected chi connectivity index (χ4v) is 4.81. The van der Waals surface area contributed by atoms with Crippen molar-refractivity contribution < 1.29 is 38.7 Å². The van der Waals surface area contributed by atoms with Crippen LogP contribution in [0.25, 0.3) is 0 Å². The van der Waals surface area contributed by atoms with E-state index in [1.54, 1.807) is 0 Å². The molecule has 0 amide bonds. The minimum absolute atomic E-state index is 0.174. The van der Waals surface area contributed by atoms with Crippen LogP contribution in [0.4, 0.5) is 0 Å². The van der Waals surface area contributed by atoms with Crippen LogP contribution in [-0.4, -0.2) is 61.8 Å². The summed E-state index contributed by atoms with van der Waals surface area (Å²) in [5.74, 6) is 1.27. The van der Waals surface area contributed by atoms with Gasteiger partial charge >= 0.3 is 11.9 Å². The number of aliphatic hydroxyl groups excluding tert-OH is 2. The molecule has 2 heterocycles. The van der Waals surface area contributed by atoms with Gasteiger partial charge in [-0.25, -0.2) is 0 Å². The van der Waals surface area contributed by atoms with E-state index in [9.17, 15) is 9.59 Å². The van der Waals surface area contributed by atoms with E-state index < -0.39 is 0 Å². The highest BCUT2D eigenvalue weighted by Gasteiger charge is 2.22. The van der Waals surface area contributed by atoms with Crippen LogP contribution in [0.15, 0.2) is 36.4 Å². The van der Waals surface area contributed by atoms with Gasteiger partial charge in [-0.2, -0.15) is 0 Å². The first kappa shape index (κ1) is 29.5. The molecule has 2 aliphatic rings. The zero-order valence-corrected chi connectivity index (χ0v) is 22.4. The molecule has 2 N–H and O–H groups in total. The number of benzene rings is 2. The number of aliphatic hydroxyl groups is 2. The molecule has 0 aromatic heterocycles. The zero-order chi connectivity index (χ0) is 27.3. The van der Waals surface area contributed by atoms with Crippen molar-refractivity contribution in [2.45, 2.75) is 76.4 Å². The Labute approximate surface area is 224 Å². The van der Waals surface area contributed by atoms with Crippen molar-refractivity contribution in [2.75, 3.05) is 27.4 Å². The number of hydrogen-bond donors (Lipinski definition) is 2. The molecule has 0 saturated heterocycles. The first-order valence-electron chi connectivity index (χ1n) is 13.4. The number of rotatable bonds is 10. The highest BCUT2D eigenvalue weighted by molar-refractivity contribution is 5.73. The van der Waals surface area contributed by atoms with Crippen molar-refractivity contribution in [3.63, 3.8) is 0 Å². The Morgan fingerprint density at radius 2 is 1.47 bits per heavy atom. The number of carbonyl (C=O) groups is 2. The maximum Gasteiger partial charge on any atom is 0.309 e. The van der Waals surface area contributed by atoms with E-state index >= 15 is 0 Å². The van der Waals surface area contributed by atoms with Crippen molar-refractivity contribution in [1.82, 2.24) is 0 Å². The number of aryl methyl sites for hydroxylation is 1. The van der Waals surface area contributed by atoms with E-state index in [0.29, 0.717) is 6.42 Å². The third-order valence-electron chi connectivity index (χ3n) is 6.91. The second kappa shape index (κ2) is 15.3. The molecule has 2 aromatic rings. The average Bonchev–Trinajstić information content (AvgIpc) is 2.94. The maximum absolute atomic E-state index is 11.4. The SMILES string of the molecule is COC(=O)Cc1ccc2c(c1)OC(CCCO)CC2.COC(=O)Cc1cccc2c1CCC(CCCO)O2. The lowest BCUT2D eigenvalue weighted by molar-refractivity contribution is -0.140. The topological polar surface area (TPSA) is 112 Å². The van der Waals surface area contributed by atoms with E-state index in [-0.39, 0.29) is 43.8 Å². The molecule has 0 saturated carbocycles. The molecular formula is C30H40O8. The number of fused-ring (bicyclic) bond motifs is 2. The van der Waals surface area contributed by atoms with Gasteiger partial charge < -0.3 is 29.2 Å². The number of esters is 2. The van der Waals surface area contributed by atoms with Crippen LogP contribution >= 0.6 is 0 Å². The Bertz CT molecular complexity index is 1040. The van der Waals surface area contributed by atoms with E-state index in [1.807, 2.05) is 36.4 Å². The van der Waals surface area contributed by atoms with Crippen LogP contribution in [0, 0.1) is 0 Å². The van der Waals surface area contributed by atoms with Crippen molar-refractivity contribution >= 4 is 11.9 Å². The standard InChI is InChI=1S/2C15H20O4/c1-18-15(17)10-11-4-2-6-14-13(11)8-7-12(19-14)5-3-9-16;1-18-15(17)10-11-4-5-12-6-7-13(3-2-8-16)19-14(12)9-11/h2,4,6,12,16H,3,5,7-10H2,1H3;4-5,9,13,16H,2-3,6-8,10H2,1H3. The van der Waals surface area contributed by atoms with Crippen LogP contribution in [0.3, 0.4) is 0 Å². The van der Waals surface area contributed by atoms with E-state index in [1.165, 1.54) is 19.8 Å². The van der Waals surface area contributed by atoms with E-state index in [4.69, 9.17) is 24.4 Å². The molecule has 38 heavy (non-hydrogen) atoms. The normalized spacial score (nSPS) is 17.5. The smallest absolute Gasteiger partial charge is 0.309 e. The first-order chi connectivity index (χ1) is 18.5. The number of carbonyl (C=O) groups excluding carboxylic acids is 2. The number of methoxy groups -OCH3 is 2. The maximum atomic E-state index is 11.4. The van der Waals surface area contributed by atoms with Crippen molar-refractivity contribution in [3.05, 3.63) is 58.7 Å². The number of hydrogen-bond acceptors (Lipinski definition) is 8. The molecule has 0 fully saturated rings. The minimum Gasteiger partial charge on any atom is -0.490 e. The quantitative estimate of drug-likeness (QED) is 0.449. The van der Waals surface area contributed by atoms with Crippen molar-refractivity contribution in [1.29, 1.82) is 0 Å². The predicted molar refractivity (Wildman–Crippen MR) is 142 cm³/mol. The van der Waals surface area contributed by atoms with Crippen LogP contribution in [0.2, 0.25) is 0 Å². The highest BCUT2D eigenvalue weighted by atomic mass is 16.5. The minimum atomic E-state index is -0.243. The molecule has 8 heteroatoms. The van der Waals surface area contributed by atoms with Gasteiger partial charge in [0, 0.05) is 13.2 Å². The lowest BCUT2D eigenvalue weighted by Gasteiger charge is -2.27. The monoisotopic (exact) mass is 528 g/mol. The molecule has 2 aliphatic heterocycles. The Hall–Kier alpha value is -3.10. The third-order valence-corrected chi connectivity index (χ3v) is 6.91. The third kappa shape index (κ3) is 8.74. The Morgan fingerprint density at radius 1 is 0.842 bits per heavy atom. The summed E-state index contributed by atoms with van der Waals surface area (Å²) in [5.41, 5.74) is 4.21. The van der Waals surface area contributed by atoms with Crippen molar-refractivity contribution in [3.8, 4) is 11.5 Å². The lowest BCUT2D eigenvalue weighted by Crippen LogP contribution is -2.24. The van der Waals surface area contributed by atoms with Crippen LogP contribution in [0.5, 0.6) is 11.5 Å². The van der Waals surface area contributed by atoms with Gasteiger partial charge in [0.2, 0.25) is 0 Å². The van der Waals surface area contributed by atoms with Crippen molar-refractivity contribution in [2.24, 2.45) is 0 Å². The Balaban J connectivity index is 0.000000211. The summed E-state index contributed by atoms with van der Waals surface area (Å²) in [6.45, 7) is 0.407. The van der Waals surface area contributed by atoms with Gasteiger partial charge in [0.1, 0.15) is 11.5 Å². The predicted octanol–water partition coefficient (Wildman–Crippen LogP) is 3.74. The summed E-state index contributed by atoms with van der Waals surface area (Å²) in [4.78, 5) is 22.6. The molecule has 2 atom stereocenters. The van der Waals surface area contributed by atoms with Crippen LogP contribution < -0.4 is 9.47 Å². The molecule has 208 valence electrons. The Morgan fingerprint density at radius 3 is 2.13 bits per heavy atom. The molecular weight excluding hydrogens is 488 g/mol. The van der Waals surface area contributed by atoms with E-state index in [2.05, 4.69) is 4.74 Å². The van der Waals surface area contributed by atoms with Crippen LogP contribution in [0.1, 0.15) is 60.8 Å². The zero-order valence-electron chi connectivity index (χ0n) is 22.4. The fraction of sp³-hybridized carbons (Fsp3) is 0.533. The summed E-state index contributed by atoms with van der Waals surface area (Å²) in [6, 6.07) is 11.7. The molecule has 2 unspecified atom stereocenters. The molecule has 2 aromatic carbocycles. The fourth-order valence-electron chi connectivity index (χ4n) is 4.81. The first-order valence-corrected chi connectivity index (χ1v) is 13.4. The second-order valence-electron chi connectivity index (χ2n) is 9.63. The van der Waals surface area contributed by atoms with Crippen LogP contribution in [-0.2, 0) is 44.7 Å².